The van der Waals surface area contributed by atoms with Crippen LogP contribution in [0.2, 0.25) is 0 Å². The van der Waals surface area contributed by atoms with E-state index in [4.69, 9.17) is 0 Å². The topological polar surface area (TPSA) is 57.8 Å². The molecular formula is C11H17N3O. The van der Waals surface area contributed by atoms with E-state index < -0.39 is 0 Å². The monoisotopic (exact) mass is 207 g/mol. The molecule has 1 aromatic rings. The van der Waals surface area contributed by atoms with E-state index >= 15 is 0 Å². The molecule has 4 nitrogen and oxygen atoms in total. The Morgan fingerprint density at radius 3 is 3.00 bits per heavy atom. The van der Waals surface area contributed by atoms with Gasteiger partial charge in [-0.25, -0.2) is 0 Å². The van der Waals surface area contributed by atoms with Gasteiger partial charge in [-0.3, -0.25) is 9.89 Å². The smallest absolute Gasteiger partial charge is 0.271 e. The number of nitrogens with zero attached hydrogens (tertiary/aromatic N) is 1. The predicted molar refractivity (Wildman–Crippen MR) is 57.7 cm³/mol. The fourth-order valence-electron chi connectivity index (χ4n) is 1.44. The summed E-state index contributed by atoms with van der Waals surface area (Å²) in [6, 6.07) is 1.87. The molecule has 15 heavy (non-hydrogen) atoms. The maximum absolute atomic E-state index is 11.6. The number of H-pyrrole nitrogens is 1. The summed E-state index contributed by atoms with van der Waals surface area (Å²) in [6.45, 7) is 4.84. The van der Waals surface area contributed by atoms with Crippen LogP contribution in [0.4, 0.5) is 0 Å². The summed E-state index contributed by atoms with van der Waals surface area (Å²) in [5.74, 6) is 1.01. The fourth-order valence-corrected chi connectivity index (χ4v) is 1.44. The third-order valence-electron chi connectivity index (χ3n) is 2.52. The highest BCUT2D eigenvalue weighted by Crippen LogP contribution is 2.38. The normalized spacial score (nSPS) is 15.7. The number of carbonyl (C=O) groups is 1. The van der Waals surface area contributed by atoms with Crippen LogP contribution < -0.4 is 5.32 Å². The van der Waals surface area contributed by atoms with E-state index in [0.717, 1.165) is 5.69 Å². The van der Waals surface area contributed by atoms with Gasteiger partial charge in [-0.2, -0.15) is 5.10 Å². The minimum Gasteiger partial charge on any atom is -0.350 e. The number of hydrogen-bond acceptors (Lipinski definition) is 2. The van der Waals surface area contributed by atoms with Crippen LogP contribution >= 0.6 is 0 Å². The van der Waals surface area contributed by atoms with E-state index in [-0.39, 0.29) is 5.91 Å². The lowest BCUT2D eigenvalue weighted by atomic mass is 10.2. The first kappa shape index (κ1) is 10.2. The molecule has 0 bridgehead atoms. The average Bonchev–Trinajstić information content (AvgIpc) is 2.93. The standard InChI is InChI=1S/C11H17N3O/c1-7(2)6-12-11(15)10-5-9(13-14-10)8-3-4-8/h5,7-8H,3-4,6H2,1-2H3,(H,12,15)(H,13,14). The van der Waals surface area contributed by atoms with E-state index in [0.29, 0.717) is 24.1 Å². The van der Waals surface area contributed by atoms with Gasteiger partial charge in [-0.1, -0.05) is 13.8 Å². The number of carbonyl (C=O) groups excluding carboxylic acids is 1. The van der Waals surface area contributed by atoms with Gasteiger partial charge in [0.25, 0.3) is 5.91 Å². The fraction of sp³-hybridized carbons (Fsp3) is 0.636. The van der Waals surface area contributed by atoms with Gasteiger partial charge in [-0.15, -0.1) is 0 Å². The first-order valence-electron chi connectivity index (χ1n) is 5.50. The van der Waals surface area contributed by atoms with Crippen molar-refractivity contribution in [3.8, 4) is 0 Å². The zero-order chi connectivity index (χ0) is 10.8. The molecule has 1 saturated carbocycles. The molecule has 0 spiro atoms. The van der Waals surface area contributed by atoms with Gasteiger partial charge in [0.2, 0.25) is 0 Å². The molecule has 2 rings (SSSR count). The molecule has 1 amide bonds. The average molecular weight is 207 g/mol. The second-order valence-electron chi connectivity index (χ2n) is 4.59. The Kier molecular flexibility index (Phi) is 2.75. The lowest BCUT2D eigenvalue weighted by molar-refractivity contribution is 0.0944. The molecule has 0 atom stereocenters. The Balaban J connectivity index is 1.93. The SMILES string of the molecule is CC(C)CNC(=O)c1cc(C2CC2)[nH]n1. The van der Waals surface area contributed by atoms with Gasteiger partial charge in [0.1, 0.15) is 5.69 Å². The quantitative estimate of drug-likeness (QED) is 0.789. The number of hydrogen-bond donors (Lipinski definition) is 2. The third kappa shape index (κ3) is 2.58. The van der Waals surface area contributed by atoms with Crippen molar-refractivity contribution in [3.63, 3.8) is 0 Å². The first-order valence-corrected chi connectivity index (χ1v) is 5.50. The summed E-state index contributed by atoms with van der Waals surface area (Å²) < 4.78 is 0. The highest BCUT2D eigenvalue weighted by Gasteiger charge is 2.26. The molecule has 1 aromatic heterocycles. The van der Waals surface area contributed by atoms with Gasteiger partial charge < -0.3 is 5.32 Å². The Labute approximate surface area is 89.5 Å². The lowest BCUT2D eigenvalue weighted by Gasteiger charge is -2.04. The van der Waals surface area contributed by atoms with E-state index in [9.17, 15) is 4.79 Å². The largest absolute Gasteiger partial charge is 0.350 e. The van der Waals surface area contributed by atoms with Crippen LogP contribution in [0.1, 0.15) is 48.8 Å². The summed E-state index contributed by atoms with van der Waals surface area (Å²) in [7, 11) is 0. The second-order valence-corrected chi connectivity index (χ2v) is 4.59. The Hall–Kier alpha value is -1.32. The minimum atomic E-state index is -0.0770. The molecule has 1 heterocycles. The number of amides is 1. The molecule has 1 fully saturated rings. The zero-order valence-corrected chi connectivity index (χ0v) is 9.21. The first-order chi connectivity index (χ1) is 7.16. The maximum atomic E-state index is 11.6. The van der Waals surface area contributed by atoms with Crippen LogP contribution in [-0.2, 0) is 0 Å². The van der Waals surface area contributed by atoms with Crippen molar-refractivity contribution >= 4 is 5.91 Å². The summed E-state index contributed by atoms with van der Waals surface area (Å²) >= 11 is 0. The molecule has 0 unspecified atom stereocenters. The highest BCUT2D eigenvalue weighted by atomic mass is 16.1. The minimum absolute atomic E-state index is 0.0770. The van der Waals surface area contributed by atoms with Crippen molar-refractivity contribution in [1.29, 1.82) is 0 Å². The number of nitrogens with one attached hydrogen (secondary N) is 2. The molecule has 0 saturated heterocycles. The molecule has 0 radical (unpaired) electrons. The number of aromatic nitrogens is 2. The molecule has 2 N–H and O–H groups in total. The Morgan fingerprint density at radius 2 is 2.40 bits per heavy atom. The van der Waals surface area contributed by atoms with Gasteiger partial charge in [0.15, 0.2) is 0 Å². The Bertz CT molecular complexity index is 352. The van der Waals surface area contributed by atoms with Crippen LogP contribution in [0.25, 0.3) is 0 Å². The number of aromatic amines is 1. The van der Waals surface area contributed by atoms with E-state index in [1.54, 1.807) is 0 Å². The molecular weight excluding hydrogens is 190 g/mol. The van der Waals surface area contributed by atoms with Crippen LogP contribution in [0, 0.1) is 5.92 Å². The van der Waals surface area contributed by atoms with Gasteiger partial charge in [0, 0.05) is 18.2 Å². The van der Waals surface area contributed by atoms with Crippen molar-refractivity contribution in [3.05, 3.63) is 17.5 Å². The lowest BCUT2D eigenvalue weighted by Crippen LogP contribution is -2.27. The van der Waals surface area contributed by atoms with Crippen LogP contribution in [0.15, 0.2) is 6.07 Å². The highest BCUT2D eigenvalue weighted by molar-refractivity contribution is 5.92. The summed E-state index contributed by atoms with van der Waals surface area (Å²) in [5, 5.41) is 9.79. The van der Waals surface area contributed by atoms with Crippen LogP contribution in [0.5, 0.6) is 0 Å². The third-order valence-corrected chi connectivity index (χ3v) is 2.52. The molecule has 4 heteroatoms. The maximum Gasteiger partial charge on any atom is 0.271 e. The van der Waals surface area contributed by atoms with E-state index in [1.165, 1.54) is 12.8 Å². The summed E-state index contributed by atoms with van der Waals surface area (Å²) in [5.41, 5.74) is 1.61. The van der Waals surface area contributed by atoms with Crippen molar-refractivity contribution in [2.24, 2.45) is 5.92 Å². The zero-order valence-electron chi connectivity index (χ0n) is 9.21. The summed E-state index contributed by atoms with van der Waals surface area (Å²) in [6.07, 6.45) is 2.44. The summed E-state index contributed by atoms with van der Waals surface area (Å²) in [4.78, 5) is 11.6. The van der Waals surface area contributed by atoms with Crippen molar-refractivity contribution in [1.82, 2.24) is 15.5 Å². The molecule has 1 aliphatic rings. The molecule has 82 valence electrons. The molecule has 0 aromatic carbocycles. The van der Waals surface area contributed by atoms with Crippen LogP contribution in [0.3, 0.4) is 0 Å². The van der Waals surface area contributed by atoms with Gasteiger partial charge in [0.05, 0.1) is 0 Å². The van der Waals surface area contributed by atoms with E-state index in [1.807, 2.05) is 6.07 Å². The van der Waals surface area contributed by atoms with Crippen molar-refractivity contribution < 1.29 is 4.79 Å². The predicted octanol–water partition coefficient (Wildman–Crippen LogP) is 1.67. The van der Waals surface area contributed by atoms with Gasteiger partial charge in [-0.05, 0) is 24.8 Å². The van der Waals surface area contributed by atoms with Crippen molar-refractivity contribution in [2.75, 3.05) is 6.54 Å². The second kappa shape index (κ2) is 4.04. The molecule has 1 aliphatic carbocycles. The van der Waals surface area contributed by atoms with E-state index in [2.05, 4.69) is 29.4 Å². The molecule has 0 aliphatic heterocycles. The van der Waals surface area contributed by atoms with Crippen LogP contribution in [-0.4, -0.2) is 22.6 Å². The number of rotatable bonds is 4. The Morgan fingerprint density at radius 1 is 1.67 bits per heavy atom. The van der Waals surface area contributed by atoms with Gasteiger partial charge >= 0.3 is 0 Å². The van der Waals surface area contributed by atoms with Crippen molar-refractivity contribution in [2.45, 2.75) is 32.6 Å².